The third kappa shape index (κ3) is 5.06. The van der Waals surface area contributed by atoms with Gasteiger partial charge in [-0.2, -0.15) is 0 Å². The Labute approximate surface area is 116 Å². The van der Waals surface area contributed by atoms with Crippen LogP contribution in [0, 0.1) is 5.41 Å². The topological polar surface area (TPSA) is 68.3 Å². The number of benzene rings is 1. The summed E-state index contributed by atoms with van der Waals surface area (Å²) in [5.74, 6) is 0.587. The maximum atomic E-state index is 7.48. The number of amidine groups is 1. The second-order valence-corrected chi connectivity index (χ2v) is 5.78. The van der Waals surface area contributed by atoms with E-state index in [1.807, 2.05) is 26.8 Å². The van der Waals surface area contributed by atoms with Gasteiger partial charge in [-0.15, -0.1) is 0 Å². The lowest BCUT2D eigenvalue weighted by Crippen LogP contribution is -2.23. The van der Waals surface area contributed by atoms with Gasteiger partial charge in [-0.3, -0.25) is 5.41 Å². The molecular weight excluding hydrogens is 296 g/mol. The van der Waals surface area contributed by atoms with E-state index in [9.17, 15) is 0 Å². The number of nitrogens with two attached hydrogens (primary N) is 1. The van der Waals surface area contributed by atoms with Crippen LogP contribution in [0.1, 0.15) is 26.3 Å². The normalized spacial score (nSPS) is 11.3. The summed E-state index contributed by atoms with van der Waals surface area (Å²) in [5, 5.41) is 7.48. The highest BCUT2D eigenvalue weighted by Gasteiger charge is 2.11. The largest absolute Gasteiger partial charge is 0.490 e. The van der Waals surface area contributed by atoms with Gasteiger partial charge in [0.05, 0.1) is 17.8 Å². The van der Waals surface area contributed by atoms with Crippen LogP contribution < -0.4 is 10.5 Å². The van der Waals surface area contributed by atoms with E-state index < -0.39 is 0 Å². The summed E-state index contributed by atoms with van der Waals surface area (Å²) in [6, 6.07) is 5.38. The molecule has 0 fully saturated rings. The Morgan fingerprint density at radius 1 is 1.33 bits per heavy atom. The van der Waals surface area contributed by atoms with Crippen molar-refractivity contribution in [2.75, 3.05) is 13.2 Å². The lowest BCUT2D eigenvalue weighted by atomic mass is 10.2. The first-order valence-electron chi connectivity index (χ1n) is 5.70. The minimum atomic E-state index is -0.177. The van der Waals surface area contributed by atoms with Crippen LogP contribution in [0.25, 0.3) is 0 Å². The zero-order chi connectivity index (χ0) is 13.8. The number of hydrogen-bond donors (Lipinski definition) is 2. The molecule has 1 aromatic carbocycles. The summed E-state index contributed by atoms with van der Waals surface area (Å²) < 4.78 is 12.0. The first-order valence-corrected chi connectivity index (χ1v) is 6.49. The summed E-state index contributed by atoms with van der Waals surface area (Å²) in [4.78, 5) is 0. The van der Waals surface area contributed by atoms with Crippen molar-refractivity contribution in [3.8, 4) is 5.75 Å². The lowest BCUT2D eigenvalue weighted by Gasteiger charge is -2.20. The highest BCUT2D eigenvalue weighted by Crippen LogP contribution is 2.23. The molecule has 18 heavy (non-hydrogen) atoms. The Balaban J connectivity index is 2.61. The quantitative estimate of drug-likeness (QED) is 0.499. The first-order chi connectivity index (χ1) is 8.29. The van der Waals surface area contributed by atoms with Crippen LogP contribution >= 0.6 is 15.9 Å². The van der Waals surface area contributed by atoms with E-state index >= 15 is 0 Å². The van der Waals surface area contributed by atoms with E-state index in [4.69, 9.17) is 20.6 Å². The van der Waals surface area contributed by atoms with E-state index in [-0.39, 0.29) is 11.4 Å². The Kier molecular flexibility index (Phi) is 5.16. The van der Waals surface area contributed by atoms with Gasteiger partial charge in [-0.05, 0) is 39.0 Å². The van der Waals surface area contributed by atoms with Crippen molar-refractivity contribution in [3.63, 3.8) is 0 Å². The average Bonchev–Trinajstić information content (AvgIpc) is 2.22. The van der Waals surface area contributed by atoms with Gasteiger partial charge >= 0.3 is 0 Å². The summed E-state index contributed by atoms with van der Waals surface area (Å²) in [5.41, 5.74) is 5.91. The van der Waals surface area contributed by atoms with Gasteiger partial charge < -0.3 is 15.2 Å². The van der Waals surface area contributed by atoms with E-state index in [0.29, 0.717) is 24.5 Å². The van der Waals surface area contributed by atoms with Crippen molar-refractivity contribution in [2.24, 2.45) is 5.73 Å². The highest BCUT2D eigenvalue weighted by atomic mass is 79.9. The molecule has 5 heteroatoms. The molecule has 0 spiro atoms. The number of ether oxygens (including phenoxy) is 2. The fourth-order valence-electron chi connectivity index (χ4n) is 1.34. The fourth-order valence-corrected chi connectivity index (χ4v) is 1.68. The molecule has 4 nitrogen and oxygen atoms in total. The van der Waals surface area contributed by atoms with Gasteiger partial charge in [-0.25, -0.2) is 0 Å². The molecule has 0 bridgehead atoms. The number of halogens is 1. The molecule has 100 valence electrons. The zero-order valence-corrected chi connectivity index (χ0v) is 12.5. The molecule has 0 saturated heterocycles. The molecule has 0 saturated carbocycles. The molecule has 0 unspecified atom stereocenters. The van der Waals surface area contributed by atoms with Gasteiger partial charge in [-0.1, -0.05) is 15.9 Å². The predicted molar refractivity (Wildman–Crippen MR) is 76.4 cm³/mol. The highest BCUT2D eigenvalue weighted by molar-refractivity contribution is 9.10. The standard InChI is InChI=1S/C13H19BrN2O2/c1-13(2,3)18-7-6-17-11-8-9(14)4-5-10(11)12(15)16/h4-5,8H,6-7H2,1-3H3,(H3,15,16). The third-order valence-corrected chi connectivity index (χ3v) is 2.60. The van der Waals surface area contributed by atoms with Crippen molar-refractivity contribution in [1.82, 2.24) is 0 Å². The predicted octanol–water partition coefficient (Wildman–Crippen LogP) is 2.93. The number of hydrogen-bond acceptors (Lipinski definition) is 3. The van der Waals surface area contributed by atoms with Crippen molar-refractivity contribution in [1.29, 1.82) is 5.41 Å². The molecule has 0 atom stereocenters. The SMILES string of the molecule is CC(C)(C)OCCOc1cc(Br)ccc1C(=N)N. The minimum absolute atomic E-state index is 0.00533. The van der Waals surface area contributed by atoms with Crippen LogP contribution in [-0.4, -0.2) is 24.7 Å². The molecule has 3 N–H and O–H groups in total. The van der Waals surface area contributed by atoms with Gasteiger partial charge in [0.15, 0.2) is 0 Å². The number of rotatable bonds is 5. The maximum absolute atomic E-state index is 7.48. The first kappa shape index (κ1) is 15.0. The Morgan fingerprint density at radius 2 is 2.00 bits per heavy atom. The van der Waals surface area contributed by atoms with E-state index in [0.717, 1.165) is 4.47 Å². The Morgan fingerprint density at radius 3 is 2.56 bits per heavy atom. The van der Waals surface area contributed by atoms with E-state index in [1.165, 1.54) is 0 Å². The third-order valence-electron chi connectivity index (χ3n) is 2.11. The summed E-state index contributed by atoms with van der Waals surface area (Å²) >= 11 is 3.36. The molecule has 0 heterocycles. The summed E-state index contributed by atoms with van der Waals surface area (Å²) in [6.45, 7) is 6.90. The van der Waals surface area contributed by atoms with Gasteiger partial charge in [0.25, 0.3) is 0 Å². The van der Waals surface area contributed by atoms with Gasteiger partial charge in [0.2, 0.25) is 0 Å². The molecule has 0 amide bonds. The Hall–Kier alpha value is -1.07. The molecule has 0 radical (unpaired) electrons. The second-order valence-electron chi connectivity index (χ2n) is 4.86. The van der Waals surface area contributed by atoms with Crippen LogP contribution in [0.4, 0.5) is 0 Å². The van der Waals surface area contributed by atoms with Crippen molar-refractivity contribution in [2.45, 2.75) is 26.4 Å². The second kappa shape index (κ2) is 6.20. The van der Waals surface area contributed by atoms with Crippen LogP contribution in [0.3, 0.4) is 0 Å². The number of nitrogens with one attached hydrogen (secondary N) is 1. The number of nitrogen functional groups attached to an aromatic ring is 1. The van der Waals surface area contributed by atoms with Crippen molar-refractivity contribution < 1.29 is 9.47 Å². The molecule has 0 aliphatic carbocycles. The molecule has 0 aliphatic heterocycles. The smallest absolute Gasteiger partial charge is 0.131 e. The van der Waals surface area contributed by atoms with E-state index in [1.54, 1.807) is 12.1 Å². The molecular formula is C13H19BrN2O2. The van der Waals surface area contributed by atoms with Crippen molar-refractivity contribution in [3.05, 3.63) is 28.2 Å². The monoisotopic (exact) mass is 314 g/mol. The minimum Gasteiger partial charge on any atom is -0.490 e. The van der Waals surface area contributed by atoms with Gasteiger partial charge in [0, 0.05) is 4.47 Å². The maximum Gasteiger partial charge on any atom is 0.131 e. The fraction of sp³-hybridized carbons (Fsp3) is 0.462. The molecule has 0 aliphatic rings. The van der Waals surface area contributed by atoms with Gasteiger partial charge in [0.1, 0.15) is 18.2 Å². The molecule has 0 aromatic heterocycles. The van der Waals surface area contributed by atoms with Crippen LogP contribution in [0.2, 0.25) is 0 Å². The van der Waals surface area contributed by atoms with Crippen LogP contribution in [-0.2, 0) is 4.74 Å². The van der Waals surface area contributed by atoms with E-state index in [2.05, 4.69) is 15.9 Å². The summed E-state index contributed by atoms with van der Waals surface area (Å²) in [6.07, 6.45) is 0. The van der Waals surface area contributed by atoms with Crippen LogP contribution in [0.5, 0.6) is 5.75 Å². The van der Waals surface area contributed by atoms with Crippen LogP contribution in [0.15, 0.2) is 22.7 Å². The Bertz CT molecular complexity index is 427. The van der Waals surface area contributed by atoms with Crippen molar-refractivity contribution >= 4 is 21.8 Å². The molecule has 1 aromatic rings. The summed E-state index contributed by atoms with van der Waals surface area (Å²) in [7, 11) is 0. The average molecular weight is 315 g/mol. The zero-order valence-electron chi connectivity index (χ0n) is 10.9. The lowest BCUT2D eigenvalue weighted by molar-refractivity contribution is -0.0163. The molecule has 1 rings (SSSR count).